The van der Waals surface area contributed by atoms with Crippen LogP contribution in [-0.2, 0) is 6.61 Å². The van der Waals surface area contributed by atoms with Crippen LogP contribution in [0.15, 0.2) is 59.4 Å². The number of aromatic nitrogens is 2. The van der Waals surface area contributed by atoms with E-state index in [-0.39, 0.29) is 5.56 Å². The topological polar surface area (TPSA) is 82.0 Å². The van der Waals surface area contributed by atoms with Crippen molar-refractivity contribution >= 4 is 5.95 Å². The largest absolute Gasteiger partial charge is 0.489 e. The molecule has 0 spiro atoms. The van der Waals surface area contributed by atoms with Crippen LogP contribution >= 0.6 is 0 Å². The molecule has 1 aliphatic heterocycles. The number of nitriles is 1. The maximum absolute atomic E-state index is 12.6. The van der Waals surface area contributed by atoms with Crippen LogP contribution in [0.2, 0.25) is 0 Å². The minimum absolute atomic E-state index is 0.0220. The Morgan fingerprint density at radius 1 is 1.03 bits per heavy atom. The van der Waals surface area contributed by atoms with Gasteiger partial charge in [-0.25, -0.2) is 4.98 Å². The van der Waals surface area contributed by atoms with Crippen molar-refractivity contribution < 1.29 is 4.74 Å². The summed E-state index contributed by atoms with van der Waals surface area (Å²) in [5.74, 6) is 1.20. The Kier molecular flexibility index (Phi) is 6.09. The Hall–Kier alpha value is -3.59. The highest BCUT2D eigenvalue weighted by Gasteiger charge is 2.18. The van der Waals surface area contributed by atoms with E-state index >= 15 is 0 Å². The lowest BCUT2D eigenvalue weighted by Crippen LogP contribution is -2.29. The van der Waals surface area contributed by atoms with Crippen LogP contribution in [-0.4, -0.2) is 23.1 Å². The van der Waals surface area contributed by atoms with Crippen molar-refractivity contribution in [1.29, 1.82) is 5.26 Å². The third-order valence-electron chi connectivity index (χ3n) is 5.28. The lowest BCUT2D eigenvalue weighted by molar-refractivity contribution is 0.306. The zero-order valence-electron chi connectivity index (χ0n) is 16.8. The first kappa shape index (κ1) is 19.7. The normalized spacial score (nSPS) is 14.0. The van der Waals surface area contributed by atoms with Crippen molar-refractivity contribution in [2.75, 3.05) is 18.0 Å². The predicted octanol–water partition coefficient (Wildman–Crippen LogP) is 4.27. The average Bonchev–Trinajstić information content (AvgIpc) is 3.08. The number of H-pyrrole nitrogens is 1. The summed E-state index contributed by atoms with van der Waals surface area (Å²) in [6.45, 7) is 2.15. The van der Waals surface area contributed by atoms with Crippen molar-refractivity contribution in [3.05, 3.63) is 76.1 Å². The monoisotopic (exact) mass is 400 g/mol. The van der Waals surface area contributed by atoms with Gasteiger partial charge in [-0.2, -0.15) is 5.26 Å². The van der Waals surface area contributed by atoms with Crippen molar-refractivity contribution in [3.8, 4) is 23.1 Å². The highest BCUT2D eigenvalue weighted by Crippen LogP contribution is 2.26. The summed E-state index contributed by atoms with van der Waals surface area (Å²) in [6, 6.07) is 19.3. The van der Waals surface area contributed by atoms with Gasteiger partial charge in [0.15, 0.2) is 0 Å². The Bertz CT molecular complexity index is 1090. The summed E-state index contributed by atoms with van der Waals surface area (Å²) in [7, 11) is 0. The number of nitrogens with zero attached hydrogens (tertiary/aromatic N) is 3. The SMILES string of the molecule is N#Cc1c(-c2cccc(OCc3ccccc3)c2)nc(N2CCCCCC2)[nH]c1=O. The minimum Gasteiger partial charge on any atom is -0.489 e. The number of ether oxygens (including phenoxy) is 1. The third-order valence-corrected chi connectivity index (χ3v) is 5.28. The van der Waals surface area contributed by atoms with Crippen molar-refractivity contribution in [1.82, 2.24) is 9.97 Å². The van der Waals surface area contributed by atoms with Crippen molar-refractivity contribution in [2.45, 2.75) is 32.3 Å². The van der Waals surface area contributed by atoms with E-state index in [1.807, 2.05) is 60.7 Å². The second-order valence-electron chi connectivity index (χ2n) is 7.43. The van der Waals surface area contributed by atoms with E-state index in [1.54, 1.807) is 0 Å². The molecule has 0 amide bonds. The van der Waals surface area contributed by atoms with E-state index in [4.69, 9.17) is 9.72 Å². The van der Waals surface area contributed by atoms with E-state index in [1.165, 1.54) is 12.8 Å². The van der Waals surface area contributed by atoms with Crippen LogP contribution in [0.25, 0.3) is 11.3 Å². The van der Waals surface area contributed by atoms with E-state index in [9.17, 15) is 10.1 Å². The molecule has 1 aliphatic rings. The van der Waals surface area contributed by atoms with Gasteiger partial charge in [-0.1, -0.05) is 55.3 Å². The zero-order chi connectivity index (χ0) is 20.8. The van der Waals surface area contributed by atoms with E-state index in [0.29, 0.717) is 29.6 Å². The Balaban J connectivity index is 1.65. The Labute approximate surface area is 175 Å². The second-order valence-corrected chi connectivity index (χ2v) is 7.43. The maximum Gasteiger partial charge on any atom is 0.270 e. The van der Waals surface area contributed by atoms with Crippen LogP contribution in [0, 0.1) is 11.3 Å². The molecule has 6 nitrogen and oxygen atoms in total. The first-order valence-electron chi connectivity index (χ1n) is 10.3. The Morgan fingerprint density at radius 3 is 2.53 bits per heavy atom. The summed E-state index contributed by atoms with van der Waals surface area (Å²) < 4.78 is 5.91. The van der Waals surface area contributed by atoms with Gasteiger partial charge in [-0.05, 0) is 30.5 Å². The third kappa shape index (κ3) is 4.52. The number of hydrogen-bond acceptors (Lipinski definition) is 5. The standard InChI is InChI=1S/C24H24N4O2/c25-16-21-22(26-24(27-23(21)29)28-13-6-1-2-7-14-28)19-11-8-12-20(15-19)30-17-18-9-4-3-5-10-18/h3-5,8-12,15H,1-2,6-7,13-14,17H2,(H,26,27,29). The number of benzene rings is 2. The smallest absolute Gasteiger partial charge is 0.270 e. The molecular weight excluding hydrogens is 376 g/mol. The van der Waals surface area contributed by atoms with Gasteiger partial charge in [0.25, 0.3) is 5.56 Å². The van der Waals surface area contributed by atoms with E-state index < -0.39 is 5.56 Å². The Morgan fingerprint density at radius 2 is 1.80 bits per heavy atom. The van der Waals surface area contributed by atoms with Gasteiger partial charge in [-0.15, -0.1) is 0 Å². The summed E-state index contributed by atoms with van der Waals surface area (Å²) >= 11 is 0. The number of aromatic amines is 1. The summed E-state index contributed by atoms with van der Waals surface area (Å²) in [5.41, 5.74) is 1.77. The first-order valence-corrected chi connectivity index (χ1v) is 10.3. The molecule has 1 aromatic heterocycles. The van der Waals surface area contributed by atoms with Crippen LogP contribution < -0.4 is 15.2 Å². The van der Waals surface area contributed by atoms with E-state index in [2.05, 4.69) is 9.88 Å². The number of nitrogens with one attached hydrogen (secondary N) is 1. The molecule has 4 rings (SSSR count). The van der Waals surface area contributed by atoms with Gasteiger partial charge >= 0.3 is 0 Å². The number of rotatable bonds is 5. The predicted molar refractivity (Wildman–Crippen MR) is 116 cm³/mol. The molecule has 0 radical (unpaired) electrons. The maximum atomic E-state index is 12.6. The molecule has 0 unspecified atom stereocenters. The molecule has 0 saturated carbocycles. The summed E-state index contributed by atoms with van der Waals surface area (Å²) in [6.07, 6.45) is 4.51. The average molecular weight is 400 g/mol. The van der Waals surface area contributed by atoms with Crippen LogP contribution in [0.3, 0.4) is 0 Å². The zero-order valence-corrected chi connectivity index (χ0v) is 16.8. The molecule has 152 valence electrons. The van der Waals surface area contributed by atoms with Gasteiger partial charge in [0, 0.05) is 18.7 Å². The quantitative estimate of drug-likeness (QED) is 0.692. The van der Waals surface area contributed by atoms with Gasteiger partial charge in [0.2, 0.25) is 5.95 Å². The lowest BCUT2D eigenvalue weighted by Gasteiger charge is -2.21. The number of hydrogen-bond donors (Lipinski definition) is 1. The van der Waals surface area contributed by atoms with Crippen LogP contribution in [0.5, 0.6) is 5.75 Å². The van der Waals surface area contributed by atoms with Crippen molar-refractivity contribution in [2.24, 2.45) is 0 Å². The highest BCUT2D eigenvalue weighted by atomic mass is 16.5. The van der Waals surface area contributed by atoms with Crippen LogP contribution in [0.1, 0.15) is 36.8 Å². The van der Waals surface area contributed by atoms with E-state index in [0.717, 1.165) is 31.5 Å². The van der Waals surface area contributed by atoms with Gasteiger partial charge in [0.05, 0.1) is 5.69 Å². The molecule has 0 bridgehead atoms. The summed E-state index contributed by atoms with van der Waals surface area (Å²) in [5, 5.41) is 9.57. The molecule has 3 aromatic rings. The summed E-state index contributed by atoms with van der Waals surface area (Å²) in [4.78, 5) is 22.2. The first-order chi connectivity index (χ1) is 14.7. The molecule has 0 atom stereocenters. The van der Waals surface area contributed by atoms with Gasteiger partial charge < -0.3 is 9.64 Å². The highest BCUT2D eigenvalue weighted by molar-refractivity contribution is 5.68. The van der Waals surface area contributed by atoms with Crippen LogP contribution in [0.4, 0.5) is 5.95 Å². The lowest BCUT2D eigenvalue weighted by atomic mass is 10.1. The molecule has 1 N–H and O–H groups in total. The van der Waals surface area contributed by atoms with Gasteiger partial charge in [-0.3, -0.25) is 9.78 Å². The van der Waals surface area contributed by atoms with Gasteiger partial charge in [0.1, 0.15) is 24.0 Å². The molecule has 30 heavy (non-hydrogen) atoms. The molecule has 0 aliphatic carbocycles. The molecule has 2 heterocycles. The fourth-order valence-electron chi connectivity index (χ4n) is 3.68. The fourth-order valence-corrected chi connectivity index (χ4v) is 3.68. The second kappa shape index (κ2) is 9.27. The fraction of sp³-hybridized carbons (Fsp3) is 0.292. The molecule has 2 aromatic carbocycles. The van der Waals surface area contributed by atoms with Crippen molar-refractivity contribution in [3.63, 3.8) is 0 Å². The molecular formula is C24H24N4O2. The minimum atomic E-state index is -0.405. The molecule has 6 heteroatoms. The molecule has 1 saturated heterocycles. The molecule has 1 fully saturated rings. The number of anilines is 1.